The van der Waals surface area contributed by atoms with Crippen molar-refractivity contribution in [2.75, 3.05) is 20.2 Å². The Morgan fingerprint density at radius 2 is 1.68 bits per heavy atom. The van der Waals surface area contributed by atoms with E-state index in [2.05, 4.69) is 42.4 Å². The highest BCUT2D eigenvalue weighted by atomic mass is 32.2. The van der Waals surface area contributed by atoms with Crippen molar-refractivity contribution in [3.63, 3.8) is 0 Å². The van der Waals surface area contributed by atoms with Crippen molar-refractivity contribution in [3.8, 4) is 5.75 Å². The van der Waals surface area contributed by atoms with Gasteiger partial charge < -0.3 is 9.84 Å². The average Bonchev–Trinajstić information content (AvgIpc) is 2.61. The van der Waals surface area contributed by atoms with Crippen molar-refractivity contribution in [1.82, 2.24) is 4.31 Å². The summed E-state index contributed by atoms with van der Waals surface area (Å²) in [4.78, 5) is 1.16. The second-order valence-electron chi connectivity index (χ2n) is 6.69. The van der Waals surface area contributed by atoms with E-state index in [9.17, 15) is 5.11 Å². The first-order valence-corrected chi connectivity index (χ1v) is 9.63. The van der Waals surface area contributed by atoms with E-state index in [1.165, 1.54) is 5.56 Å². The Balaban J connectivity index is 1.89. The third-order valence-electron chi connectivity index (χ3n) is 3.89. The highest BCUT2D eigenvalue weighted by Crippen LogP contribution is 2.26. The van der Waals surface area contributed by atoms with Crippen LogP contribution in [0, 0.1) is 5.92 Å². The molecule has 2 aromatic rings. The van der Waals surface area contributed by atoms with Crippen LogP contribution in [0.5, 0.6) is 5.75 Å². The number of methoxy groups -OCH3 is 1. The number of aliphatic hydroxyl groups excluding tert-OH is 1. The van der Waals surface area contributed by atoms with Crippen molar-refractivity contribution >= 4 is 11.9 Å². The maximum atomic E-state index is 10.5. The summed E-state index contributed by atoms with van der Waals surface area (Å²) < 4.78 is 7.48. The van der Waals surface area contributed by atoms with E-state index in [1.54, 1.807) is 19.1 Å². The van der Waals surface area contributed by atoms with Crippen molar-refractivity contribution in [3.05, 3.63) is 60.2 Å². The fourth-order valence-corrected chi connectivity index (χ4v) is 3.82. The summed E-state index contributed by atoms with van der Waals surface area (Å²) in [6.45, 7) is 6.02. The van der Waals surface area contributed by atoms with Crippen LogP contribution in [0.1, 0.15) is 25.8 Å². The first kappa shape index (κ1) is 19.8. The average molecular weight is 360 g/mol. The molecule has 3 nitrogen and oxygen atoms in total. The molecule has 0 saturated heterocycles. The van der Waals surface area contributed by atoms with E-state index < -0.39 is 0 Å². The van der Waals surface area contributed by atoms with E-state index in [0.717, 1.165) is 30.0 Å². The zero-order valence-electron chi connectivity index (χ0n) is 15.4. The molecule has 0 aliphatic rings. The van der Waals surface area contributed by atoms with Crippen LogP contribution in [0.3, 0.4) is 0 Å². The predicted molar refractivity (Wildman–Crippen MR) is 106 cm³/mol. The van der Waals surface area contributed by atoms with Gasteiger partial charge in [-0.1, -0.05) is 44.2 Å². The maximum absolute atomic E-state index is 10.5. The Labute approximate surface area is 156 Å². The van der Waals surface area contributed by atoms with E-state index in [1.807, 2.05) is 30.3 Å². The molecule has 0 radical (unpaired) electrons. The van der Waals surface area contributed by atoms with Gasteiger partial charge in [-0.15, -0.1) is 0 Å². The second kappa shape index (κ2) is 10.5. The number of hydrogen-bond acceptors (Lipinski definition) is 4. The molecule has 0 heterocycles. The molecule has 1 unspecified atom stereocenters. The summed E-state index contributed by atoms with van der Waals surface area (Å²) in [5.74, 6) is 1.41. The van der Waals surface area contributed by atoms with Crippen LogP contribution in [0.4, 0.5) is 0 Å². The smallest absolute Gasteiger partial charge is 0.118 e. The van der Waals surface area contributed by atoms with Gasteiger partial charge in [-0.05, 0) is 60.5 Å². The van der Waals surface area contributed by atoms with Crippen molar-refractivity contribution in [1.29, 1.82) is 0 Å². The van der Waals surface area contributed by atoms with Gasteiger partial charge in [0.15, 0.2) is 0 Å². The molecule has 25 heavy (non-hydrogen) atoms. The Hall–Kier alpha value is -1.49. The minimum absolute atomic E-state index is 0.329. The van der Waals surface area contributed by atoms with Gasteiger partial charge in [0.2, 0.25) is 0 Å². The molecule has 0 amide bonds. The van der Waals surface area contributed by atoms with Gasteiger partial charge in [0.25, 0.3) is 0 Å². The first-order valence-electron chi connectivity index (χ1n) is 8.85. The number of rotatable bonds is 10. The number of aryl methyl sites for hydroxylation is 1. The van der Waals surface area contributed by atoms with Gasteiger partial charge in [0, 0.05) is 18.0 Å². The molecule has 0 saturated carbocycles. The normalized spacial score (nSPS) is 12.6. The molecule has 136 valence electrons. The predicted octanol–water partition coefficient (Wildman–Crippen LogP) is 4.65. The van der Waals surface area contributed by atoms with E-state index in [0.29, 0.717) is 12.5 Å². The van der Waals surface area contributed by atoms with Crippen LogP contribution in [-0.2, 0) is 6.42 Å². The molecular weight excluding hydrogens is 330 g/mol. The summed E-state index contributed by atoms with van der Waals surface area (Å²) in [5, 5.41) is 10.5. The number of hydrogen-bond donors (Lipinski definition) is 1. The number of ether oxygens (including phenoxy) is 1. The SMILES string of the molecule is COc1ccc(SN(CC(C)C)CC(O)CCc2ccccc2)cc1. The second-order valence-corrected chi connectivity index (χ2v) is 7.86. The Kier molecular flexibility index (Phi) is 8.32. The Bertz CT molecular complexity index is 601. The van der Waals surface area contributed by atoms with Gasteiger partial charge in [-0.3, -0.25) is 0 Å². The Morgan fingerprint density at radius 1 is 1.00 bits per heavy atom. The van der Waals surface area contributed by atoms with Crippen molar-refractivity contribution in [2.24, 2.45) is 5.92 Å². The molecule has 0 aliphatic heterocycles. The van der Waals surface area contributed by atoms with Gasteiger partial charge in [0.1, 0.15) is 5.75 Å². The lowest BCUT2D eigenvalue weighted by atomic mass is 10.1. The fourth-order valence-electron chi connectivity index (χ4n) is 2.65. The summed E-state index contributed by atoms with van der Waals surface area (Å²) in [7, 11) is 1.68. The number of nitrogens with zero attached hydrogens (tertiary/aromatic N) is 1. The van der Waals surface area contributed by atoms with E-state index in [-0.39, 0.29) is 6.10 Å². The monoisotopic (exact) mass is 359 g/mol. The fraction of sp³-hybridized carbons (Fsp3) is 0.429. The molecule has 2 aromatic carbocycles. The summed E-state index contributed by atoms with van der Waals surface area (Å²) in [6.07, 6.45) is 1.36. The third kappa shape index (κ3) is 7.51. The third-order valence-corrected chi connectivity index (χ3v) is 4.93. The van der Waals surface area contributed by atoms with Crippen LogP contribution in [0.15, 0.2) is 59.5 Å². The topological polar surface area (TPSA) is 32.7 Å². The summed E-state index contributed by atoms with van der Waals surface area (Å²) in [6, 6.07) is 18.4. The first-order chi connectivity index (χ1) is 12.1. The minimum atomic E-state index is -0.329. The quantitative estimate of drug-likeness (QED) is 0.626. The zero-order valence-corrected chi connectivity index (χ0v) is 16.2. The molecule has 2 rings (SSSR count). The zero-order chi connectivity index (χ0) is 18.1. The molecule has 0 bridgehead atoms. The van der Waals surface area contributed by atoms with Gasteiger partial charge in [-0.25, -0.2) is 4.31 Å². The standard InChI is InChI=1S/C21H29NO2S/c1-17(2)15-22(25-21-13-11-20(24-3)12-14-21)16-19(23)10-9-18-7-5-4-6-8-18/h4-8,11-14,17,19,23H,9-10,15-16H2,1-3H3. The lowest BCUT2D eigenvalue weighted by molar-refractivity contribution is 0.137. The van der Waals surface area contributed by atoms with Crippen LogP contribution >= 0.6 is 11.9 Å². The molecular formula is C21H29NO2S. The van der Waals surface area contributed by atoms with Gasteiger partial charge in [0.05, 0.1) is 13.2 Å². The van der Waals surface area contributed by atoms with Crippen molar-refractivity contribution < 1.29 is 9.84 Å². The molecule has 0 aliphatic carbocycles. The largest absolute Gasteiger partial charge is 0.497 e. The lowest BCUT2D eigenvalue weighted by Gasteiger charge is -2.25. The van der Waals surface area contributed by atoms with E-state index in [4.69, 9.17) is 4.74 Å². The Morgan fingerprint density at radius 3 is 2.28 bits per heavy atom. The molecule has 0 aromatic heterocycles. The lowest BCUT2D eigenvalue weighted by Crippen LogP contribution is -2.30. The molecule has 1 N–H and O–H groups in total. The van der Waals surface area contributed by atoms with Crippen LogP contribution < -0.4 is 4.74 Å². The van der Waals surface area contributed by atoms with Gasteiger partial charge >= 0.3 is 0 Å². The number of benzene rings is 2. The van der Waals surface area contributed by atoms with E-state index >= 15 is 0 Å². The summed E-state index contributed by atoms with van der Waals surface area (Å²) >= 11 is 1.70. The van der Waals surface area contributed by atoms with Crippen LogP contribution in [0.25, 0.3) is 0 Å². The van der Waals surface area contributed by atoms with Crippen LogP contribution in [-0.4, -0.2) is 35.7 Å². The molecule has 1 atom stereocenters. The highest BCUT2D eigenvalue weighted by molar-refractivity contribution is 7.97. The van der Waals surface area contributed by atoms with Gasteiger partial charge in [-0.2, -0.15) is 0 Å². The minimum Gasteiger partial charge on any atom is -0.497 e. The number of aliphatic hydroxyl groups is 1. The highest BCUT2D eigenvalue weighted by Gasteiger charge is 2.15. The van der Waals surface area contributed by atoms with Crippen LogP contribution in [0.2, 0.25) is 0 Å². The molecule has 4 heteroatoms. The van der Waals surface area contributed by atoms with Crippen molar-refractivity contribution in [2.45, 2.75) is 37.7 Å². The molecule has 0 fully saturated rings. The molecule has 0 spiro atoms. The summed E-state index contributed by atoms with van der Waals surface area (Å²) in [5.41, 5.74) is 1.28. The maximum Gasteiger partial charge on any atom is 0.118 e.